The van der Waals surface area contributed by atoms with Crippen LogP contribution in [0.25, 0.3) is 0 Å². The summed E-state index contributed by atoms with van der Waals surface area (Å²) in [5, 5.41) is 0. The quantitative estimate of drug-likeness (QED) is 0.741. The van der Waals surface area contributed by atoms with Crippen LogP contribution >= 0.6 is 0 Å². The predicted octanol–water partition coefficient (Wildman–Crippen LogP) is 2.17. The topological polar surface area (TPSA) is 29.5 Å². The fourth-order valence-electron chi connectivity index (χ4n) is 1.39. The average Bonchev–Trinajstić information content (AvgIpc) is 2.27. The third-order valence-electron chi connectivity index (χ3n) is 2.13. The molecule has 1 aromatic rings. The Bertz CT molecular complexity index is 369. The summed E-state index contributed by atoms with van der Waals surface area (Å²) in [6, 6.07) is 6.49. The van der Waals surface area contributed by atoms with Gasteiger partial charge >= 0.3 is 5.97 Å². The van der Waals surface area contributed by atoms with Gasteiger partial charge in [0.05, 0.1) is 24.9 Å². The van der Waals surface area contributed by atoms with Crippen LogP contribution in [-0.4, -0.2) is 33.1 Å². The number of hydrogen-bond donors (Lipinski definition) is 0. The summed E-state index contributed by atoms with van der Waals surface area (Å²) in [5.41, 5.74) is 0.725. The Hall–Kier alpha value is -1.65. The number of hydrogen-bond acceptors (Lipinski definition) is 3. The van der Waals surface area contributed by atoms with Gasteiger partial charge in [-0.05, 0) is 12.1 Å². The molecular weight excluding hydrogens is 216 g/mol. The Labute approximate surface area is 92.6 Å². The second kappa shape index (κ2) is 5.44. The van der Waals surface area contributed by atoms with Crippen molar-refractivity contribution in [2.24, 2.45) is 0 Å². The number of anilines is 1. The van der Waals surface area contributed by atoms with E-state index in [-0.39, 0.29) is 5.56 Å². The van der Waals surface area contributed by atoms with E-state index in [9.17, 15) is 13.6 Å². The van der Waals surface area contributed by atoms with Gasteiger partial charge in [-0.3, -0.25) is 0 Å². The average molecular weight is 229 g/mol. The molecule has 88 valence electrons. The van der Waals surface area contributed by atoms with Crippen LogP contribution in [0.2, 0.25) is 0 Å². The minimum absolute atomic E-state index is 0.285. The maximum atomic E-state index is 12.2. The molecule has 0 radical (unpaired) electrons. The van der Waals surface area contributed by atoms with E-state index in [1.165, 1.54) is 19.1 Å². The van der Waals surface area contributed by atoms with Crippen LogP contribution in [0.15, 0.2) is 24.3 Å². The van der Waals surface area contributed by atoms with Crippen molar-refractivity contribution < 1.29 is 18.3 Å². The normalized spacial score (nSPS) is 10.3. The fraction of sp³-hybridized carbons (Fsp3) is 0.364. The zero-order chi connectivity index (χ0) is 12.1. The number of alkyl halides is 2. The number of benzene rings is 1. The lowest BCUT2D eigenvalue weighted by Crippen LogP contribution is -2.25. The van der Waals surface area contributed by atoms with Crippen molar-refractivity contribution in [1.29, 1.82) is 0 Å². The molecule has 1 rings (SSSR count). The van der Waals surface area contributed by atoms with E-state index in [1.807, 2.05) is 0 Å². The smallest absolute Gasteiger partial charge is 0.339 e. The van der Waals surface area contributed by atoms with E-state index in [0.29, 0.717) is 5.69 Å². The zero-order valence-corrected chi connectivity index (χ0v) is 9.11. The lowest BCUT2D eigenvalue weighted by atomic mass is 10.1. The number of nitrogens with zero attached hydrogens (tertiary/aromatic N) is 1. The molecule has 0 spiro atoms. The number of para-hydroxylation sites is 1. The second-order valence-electron chi connectivity index (χ2n) is 3.28. The van der Waals surface area contributed by atoms with Crippen molar-refractivity contribution in [1.82, 2.24) is 0 Å². The highest BCUT2D eigenvalue weighted by molar-refractivity contribution is 5.95. The first kappa shape index (κ1) is 12.4. The number of methoxy groups -OCH3 is 1. The van der Waals surface area contributed by atoms with Crippen LogP contribution in [0.5, 0.6) is 0 Å². The van der Waals surface area contributed by atoms with Crippen LogP contribution in [0.4, 0.5) is 14.5 Å². The van der Waals surface area contributed by atoms with E-state index in [4.69, 9.17) is 0 Å². The van der Waals surface area contributed by atoms with Gasteiger partial charge in [0.2, 0.25) is 0 Å². The maximum absolute atomic E-state index is 12.2. The largest absolute Gasteiger partial charge is 0.465 e. The van der Waals surface area contributed by atoms with Crippen molar-refractivity contribution >= 4 is 11.7 Å². The number of rotatable bonds is 4. The molecule has 5 heteroatoms. The molecule has 16 heavy (non-hydrogen) atoms. The first-order chi connectivity index (χ1) is 7.56. The zero-order valence-electron chi connectivity index (χ0n) is 9.11. The first-order valence-electron chi connectivity index (χ1n) is 4.73. The number of carbonyl (C=O) groups is 1. The molecule has 0 saturated carbocycles. The highest BCUT2D eigenvalue weighted by Crippen LogP contribution is 2.20. The van der Waals surface area contributed by atoms with Crippen LogP contribution < -0.4 is 4.90 Å². The molecule has 0 aliphatic carbocycles. The van der Waals surface area contributed by atoms with Gasteiger partial charge in [0.1, 0.15) is 0 Å². The molecule has 0 aliphatic heterocycles. The minimum Gasteiger partial charge on any atom is -0.465 e. The first-order valence-corrected chi connectivity index (χ1v) is 4.73. The SMILES string of the molecule is COC(=O)c1ccccc1N(C)CC(F)F. The van der Waals surface area contributed by atoms with Gasteiger partial charge in [-0.2, -0.15) is 0 Å². The van der Waals surface area contributed by atoms with E-state index in [1.54, 1.807) is 24.3 Å². The van der Waals surface area contributed by atoms with Crippen molar-refractivity contribution in [3.8, 4) is 0 Å². The van der Waals surface area contributed by atoms with E-state index < -0.39 is 18.9 Å². The summed E-state index contributed by atoms with van der Waals surface area (Å²) in [5.74, 6) is -0.531. The molecule has 0 aliphatic rings. The molecule has 0 N–H and O–H groups in total. The maximum Gasteiger partial charge on any atom is 0.339 e. The summed E-state index contributed by atoms with van der Waals surface area (Å²) < 4.78 is 29.0. The van der Waals surface area contributed by atoms with Gasteiger partial charge in [-0.25, -0.2) is 13.6 Å². The Kier molecular flexibility index (Phi) is 4.22. The monoisotopic (exact) mass is 229 g/mol. The summed E-state index contributed by atoms with van der Waals surface area (Å²) in [4.78, 5) is 12.7. The van der Waals surface area contributed by atoms with E-state index in [0.717, 1.165) is 0 Å². The summed E-state index contributed by atoms with van der Waals surface area (Å²) in [6.45, 7) is -0.423. The molecule has 0 heterocycles. The fourth-order valence-corrected chi connectivity index (χ4v) is 1.39. The Morgan fingerprint density at radius 1 is 1.44 bits per heavy atom. The highest BCUT2D eigenvalue weighted by atomic mass is 19.3. The molecule has 0 unspecified atom stereocenters. The molecule has 0 bridgehead atoms. The lowest BCUT2D eigenvalue weighted by molar-refractivity contribution is 0.0601. The number of carbonyl (C=O) groups excluding carboxylic acids is 1. The van der Waals surface area contributed by atoms with Gasteiger partial charge in [-0.1, -0.05) is 12.1 Å². The van der Waals surface area contributed by atoms with Crippen LogP contribution in [-0.2, 0) is 4.74 Å². The molecule has 1 aromatic carbocycles. The van der Waals surface area contributed by atoms with Gasteiger partial charge in [0.15, 0.2) is 0 Å². The second-order valence-corrected chi connectivity index (χ2v) is 3.28. The Balaban J connectivity index is 2.98. The summed E-state index contributed by atoms with van der Waals surface area (Å²) in [7, 11) is 2.76. The van der Waals surface area contributed by atoms with E-state index >= 15 is 0 Å². The minimum atomic E-state index is -2.45. The van der Waals surface area contributed by atoms with Crippen molar-refractivity contribution in [3.05, 3.63) is 29.8 Å². The van der Waals surface area contributed by atoms with Gasteiger partial charge in [0, 0.05) is 7.05 Å². The third-order valence-corrected chi connectivity index (χ3v) is 2.13. The molecule has 0 aromatic heterocycles. The van der Waals surface area contributed by atoms with Crippen molar-refractivity contribution in [3.63, 3.8) is 0 Å². The standard InChI is InChI=1S/C11H13F2NO2/c1-14(7-10(12)13)9-6-4-3-5-8(9)11(15)16-2/h3-6,10H,7H2,1-2H3. The van der Waals surface area contributed by atoms with Crippen LogP contribution in [0, 0.1) is 0 Å². The predicted molar refractivity (Wildman–Crippen MR) is 57.1 cm³/mol. The molecular formula is C11H13F2NO2. The van der Waals surface area contributed by atoms with Gasteiger partial charge in [-0.15, -0.1) is 0 Å². The highest BCUT2D eigenvalue weighted by Gasteiger charge is 2.16. The molecule has 0 amide bonds. The number of ether oxygens (including phenoxy) is 1. The van der Waals surface area contributed by atoms with Crippen LogP contribution in [0.1, 0.15) is 10.4 Å². The number of halogens is 2. The molecule has 0 atom stereocenters. The Morgan fingerprint density at radius 2 is 2.06 bits per heavy atom. The molecule has 0 fully saturated rings. The van der Waals surface area contributed by atoms with E-state index in [2.05, 4.69) is 4.74 Å². The lowest BCUT2D eigenvalue weighted by Gasteiger charge is -2.20. The summed E-state index contributed by atoms with van der Waals surface area (Å²) >= 11 is 0. The van der Waals surface area contributed by atoms with Gasteiger partial charge in [0.25, 0.3) is 6.43 Å². The Morgan fingerprint density at radius 3 is 2.62 bits per heavy atom. The third kappa shape index (κ3) is 2.92. The summed E-state index contributed by atoms with van der Waals surface area (Å²) in [6.07, 6.45) is -2.45. The van der Waals surface area contributed by atoms with Gasteiger partial charge < -0.3 is 9.64 Å². The number of esters is 1. The van der Waals surface area contributed by atoms with Crippen LogP contribution in [0.3, 0.4) is 0 Å². The molecule has 3 nitrogen and oxygen atoms in total. The van der Waals surface area contributed by atoms with Crippen molar-refractivity contribution in [2.45, 2.75) is 6.43 Å². The van der Waals surface area contributed by atoms with Crippen molar-refractivity contribution in [2.75, 3.05) is 25.6 Å². The molecule has 0 saturated heterocycles.